The van der Waals surface area contributed by atoms with E-state index in [1.807, 2.05) is 24.3 Å². The number of benzene rings is 2. The lowest BCUT2D eigenvalue weighted by Gasteiger charge is -2.09. The fourth-order valence-electron chi connectivity index (χ4n) is 1.75. The van der Waals surface area contributed by atoms with Crippen molar-refractivity contribution in [2.45, 2.75) is 0 Å². The molecule has 100 valence electrons. The maximum Gasteiger partial charge on any atom is 0.230 e. The van der Waals surface area contributed by atoms with Crippen LogP contribution in [0.4, 0.5) is 0 Å². The molecule has 2 aromatic carbocycles. The molecule has 0 aliphatic heterocycles. The second-order valence-electron chi connectivity index (χ2n) is 3.99. The van der Waals surface area contributed by atoms with Gasteiger partial charge in [0.25, 0.3) is 0 Å². The Morgan fingerprint density at radius 3 is 2.45 bits per heavy atom. The summed E-state index contributed by atoms with van der Waals surface area (Å²) in [7, 11) is 0. The Balaban J connectivity index is 2.08. The molecule has 0 saturated heterocycles. The second-order valence-corrected chi connectivity index (χ2v) is 5.22. The second kappa shape index (κ2) is 5.44. The summed E-state index contributed by atoms with van der Waals surface area (Å²) in [6, 6.07) is 10.6. The average molecular weight is 326 g/mol. The number of ether oxygens (including phenoxy) is 1. The first kappa shape index (κ1) is 13.4. The highest BCUT2D eigenvalue weighted by atomic mass is 35.5. The van der Waals surface area contributed by atoms with Gasteiger partial charge in [-0.15, -0.1) is 0 Å². The Labute approximate surface area is 130 Å². The SMILES string of the molecule is Clc1cc(Cl)c(Oc2ncnc3ccccc23)cc1Cl. The molecule has 0 spiro atoms. The van der Waals surface area contributed by atoms with E-state index in [-0.39, 0.29) is 0 Å². The molecule has 3 nitrogen and oxygen atoms in total. The van der Waals surface area contributed by atoms with Crippen molar-refractivity contribution in [3.05, 3.63) is 57.8 Å². The van der Waals surface area contributed by atoms with Crippen molar-refractivity contribution in [1.29, 1.82) is 0 Å². The molecule has 6 heteroatoms. The van der Waals surface area contributed by atoms with Crippen LogP contribution in [-0.2, 0) is 0 Å². The normalized spacial score (nSPS) is 10.8. The molecular weight excluding hydrogens is 319 g/mol. The third-order valence-corrected chi connectivity index (χ3v) is 3.71. The molecule has 0 bridgehead atoms. The molecule has 3 rings (SSSR count). The molecule has 0 radical (unpaired) electrons. The number of para-hydroxylation sites is 1. The zero-order chi connectivity index (χ0) is 14.1. The molecule has 0 aliphatic rings. The number of aromatic nitrogens is 2. The van der Waals surface area contributed by atoms with Gasteiger partial charge >= 0.3 is 0 Å². The fraction of sp³-hybridized carbons (Fsp3) is 0. The molecule has 0 aliphatic carbocycles. The van der Waals surface area contributed by atoms with E-state index < -0.39 is 0 Å². The van der Waals surface area contributed by atoms with Crippen LogP contribution in [0.3, 0.4) is 0 Å². The van der Waals surface area contributed by atoms with Crippen molar-refractivity contribution in [3.63, 3.8) is 0 Å². The summed E-state index contributed by atoms with van der Waals surface area (Å²) < 4.78 is 5.73. The monoisotopic (exact) mass is 324 g/mol. The van der Waals surface area contributed by atoms with E-state index in [1.54, 1.807) is 6.07 Å². The third-order valence-electron chi connectivity index (χ3n) is 2.69. The molecule has 3 aromatic rings. The van der Waals surface area contributed by atoms with Gasteiger partial charge in [-0.05, 0) is 18.2 Å². The number of halogens is 3. The summed E-state index contributed by atoms with van der Waals surface area (Å²) in [5.41, 5.74) is 0.786. The first-order valence-electron chi connectivity index (χ1n) is 5.67. The largest absolute Gasteiger partial charge is 0.437 e. The van der Waals surface area contributed by atoms with E-state index in [0.717, 1.165) is 10.9 Å². The maximum absolute atomic E-state index is 6.09. The quantitative estimate of drug-likeness (QED) is 0.593. The van der Waals surface area contributed by atoms with Crippen LogP contribution < -0.4 is 4.74 Å². The van der Waals surface area contributed by atoms with E-state index in [0.29, 0.717) is 26.7 Å². The minimum atomic E-state index is 0.363. The van der Waals surface area contributed by atoms with Crippen molar-refractivity contribution in [2.24, 2.45) is 0 Å². The van der Waals surface area contributed by atoms with Gasteiger partial charge < -0.3 is 4.74 Å². The Morgan fingerprint density at radius 2 is 1.60 bits per heavy atom. The van der Waals surface area contributed by atoms with Crippen LogP contribution in [0.25, 0.3) is 10.9 Å². The molecule has 0 atom stereocenters. The van der Waals surface area contributed by atoms with Gasteiger partial charge in [-0.3, -0.25) is 0 Å². The predicted octanol–water partition coefficient (Wildman–Crippen LogP) is 5.38. The molecule has 20 heavy (non-hydrogen) atoms. The van der Waals surface area contributed by atoms with Crippen molar-refractivity contribution in [3.8, 4) is 11.6 Å². The smallest absolute Gasteiger partial charge is 0.230 e. The Kier molecular flexibility index (Phi) is 3.66. The highest BCUT2D eigenvalue weighted by Crippen LogP contribution is 2.37. The summed E-state index contributed by atoms with van der Waals surface area (Å²) in [6.07, 6.45) is 1.43. The first-order chi connectivity index (χ1) is 9.65. The predicted molar refractivity (Wildman–Crippen MR) is 81.1 cm³/mol. The minimum Gasteiger partial charge on any atom is -0.437 e. The Bertz CT molecular complexity index is 787. The molecule has 0 N–H and O–H groups in total. The number of nitrogens with zero attached hydrogens (tertiary/aromatic N) is 2. The Morgan fingerprint density at radius 1 is 0.850 bits per heavy atom. The van der Waals surface area contributed by atoms with Crippen LogP contribution in [0.2, 0.25) is 15.1 Å². The van der Waals surface area contributed by atoms with Gasteiger partial charge in [0.2, 0.25) is 5.88 Å². The van der Waals surface area contributed by atoms with Crippen LogP contribution in [-0.4, -0.2) is 9.97 Å². The van der Waals surface area contributed by atoms with E-state index in [1.165, 1.54) is 12.4 Å². The van der Waals surface area contributed by atoms with Gasteiger partial charge in [0, 0.05) is 6.07 Å². The van der Waals surface area contributed by atoms with Crippen LogP contribution in [0, 0.1) is 0 Å². The molecule has 0 amide bonds. The lowest BCUT2D eigenvalue weighted by Crippen LogP contribution is -1.92. The highest BCUT2D eigenvalue weighted by molar-refractivity contribution is 6.43. The maximum atomic E-state index is 6.09. The van der Waals surface area contributed by atoms with Crippen molar-refractivity contribution in [1.82, 2.24) is 9.97 Å². The summed E-state index contributed by atoms with van der Waals surface area (Å²) >= 11 is 17.9. The van der Waals surface area contributed by atoms with E-state index >= 15 is 0 Å². The minimum absolute atomic E-state index is 0.363. The topological polar surface area (TPSA) is 35.0 Å². The van der Waals surface area contributed by atoms with Gasteiger partial charge in [-0.25, -0.2) is 9.97 Å². The summed E-state index contributed by atoms with van der Waals surface area (Å²) in [4.78, 5) is 8.29. The molecule has 0 saturated carbocycles. The van der Waals surface area contributed by atoms with Crippen molar-refractivity contribution in [2.75, 3.05) is 0 Å². The standard InChI is InChI=1S/C14H7Cl3N2O/c15-9-5-11(17)13(6-10(9)16)20-14-8-3-1-2-4-12(8)18-7-19-14/h1-7H. The summed E-state index contributed by atoms with van der Waals surface area (Å²) in [5.74, 6) is 0.806. The molecular formula is C14H7Cl3N2O. The van der Waals surface area contributed by atoms with Gasteiger partial charge in [-0.1, -0.05) is 46.9 Å². The first-order valence-corrected chi connectivity index (χ1v) is 6.80. The summed E-state index contributed by atoms with van der Waals surface area (Å²) in [6.45, 7) is 0. The zero-order valence-electron chi connectivity index (χ0n) is 9.98. The fourth-order valence-corrected chi connectivity index (χ4v) is 2.32. The van der Waals surface area contributed by atoms with Gasteiger partial charge in [0.1, 0.15) is 12.1 Å². The van der Waals surface area contributed by atoms with Crippen LogP contribution in [0.1, 0.15) is 0 Å². The molecule has 0 fully saturated rings. The zero-order valence-corrected chi connectivity index (χ0v) is 12.2. The van der Waals surface area contributed by atoms with Gasteiger partial charge in [0.15, 0.2) is 0 Å². The average Bonchev–Trinajstić information content (AvgIpc) is 2.45. The lowest BCUT2D eigenvalue weighted by molar-refractivity contribution is 0.468. The number of fused-ring (bicyclic) bond motifs is 1. The van der Waals surface area contributed by atoms with Crippen LogP contribution in [0.15, 0.2) is 42.7 Å². The van der Waals surface area contributed by atoms with Crippen molar-refractivity contribution >= 4 is 45.7 Å². The molecule has 1 aromatic heterocycles. The Hall–Kier alpha value is -1.55. The van der Waals surface area contributed by atoms with Gasteiger partial charge in [0.05, 0.1) is 26.0 Å². The third kappa shape index (κ3) is 2.52. The van der Waals surface area contributed by atoms with Crippen molar-refractivity contribution < 1.29 is 4.74 Å². The van der Waals surface area contributed by atoms with Crippen LogP contribution in [0.5, 0.6) is 11.6 Å². The number of hydrogen-bond acceptors (Lipinski definition) is 3. The molecule has 0 unspecified atom stereocenters. The van der Waals surface area contributed by atoms with Gasteiger partial charge in [-0.2, -0.15) is 0 Å². The van der Waals surface area contributed by atoms with E-state index in [9.17, 15) is 0 Å². The highest BCUT2D eigenvalue weighted by Gasteiger charge is 2.11. The lowest BCUT2D eigenvalue weighted by atomic mass is 10.2. The molecule has 1 heterocycles. The van der Waals surface area contributed by atoms with E-state index in [2.05, 4.69) is 9.97 Å². The number of rotatable bonds is 2. The van der Waals surface area contributed by atoms with E-state index in [4.69, 9.17) is 39.5 Å². The number of hydrogen-bond donors (Lipinski definition) is 0. The van der Waals surface area contributed by atoms with Crippen LogP contribution >= 0.6 is 34.8 Å². The summed E-state index contributed by atoms with van der Waals surface area (Å²) in [5, 5.41) is 1.89.